The Kier molecular flexibility index (Phi) is 7.30. The smallest absolute Gasteiger partial charge is 0.167 e. The van der Waals surface area contributed by atoms with Gasteiger partial charge in [-0.15, -0.1) is 0 Å². The van der Waals surface area contributed by atoms with Gasteiger partial charge in [-0.05, 0) is 19.2 Å². The summed E-state index contributed by atoms with van der Waals surface area (Å²) in [7, 11) is 1.90. The highest BCUT2D eigenvalue weighted by molar-refractivity contribution is 5.81. The molecule has 2 aromatic heterocycles. The van der Waals surface area contributed by atoms with Crippen molar-refractivity contribution in [1.82, 2.24) is 29.7 Å². The lowest BCUT2D eigenvalue weighted by atomic mass is 10.1. The molecule has 12 heteroatoms. The summed E-state index contributed by atoms with van der Waals surface area (Å²) in [4.78, 5) is 14.3. The molecule has 1 aromatic carbocycles. The molecule has 1 aliphatic rings. The van der Waals surface area contributed by atoms with E-state index < -0.39 is 24.5 Å². The van der Waals surface area contributed by atoms with E-state index in [2.05, 4.69) is 20.3 Å². The van der Waals surface area contributed by atoms with Gasteiger partial charge in [0.15, 0.2) is 17.7 Å². The van der Waals surface area contributed by atoms with Crippen LogP contribution in [0.5, 0.6) is 5.75 Å². The first-order valence-corrected chi connectivity index (χ1v) is 10.7. The number of benzene rings is 1. The van der Waals surface area contributed by atoms with Crippen molar-refractivity contribution >= 4 is 17.0 Å². The van der Waals surface area contributed by atoms with E-state index in [1.54, 1.807) is 16.7 Å². The zero-order valence-electron chi connectivity index (χ0n) is 18.2. The van der Waals surface area contributed by atoms with E-state index in [-0.39, 0.29) is 11.6 Å². The number of aromatic nitrogens is 4. The Balaban J connectivity index is 1.22. The summed E-state index contributed by atoms with van der Waals surface area (Å²) in [5.41, 5.74) is 6.66. The van der Waals surface area contributed by atoms with Crippen LogP contribution < -0.4 is 15.8 Å². The van der Waals surface area contributed by atoms with Gasteiger partial charge in [0.2, 0.25) is 0 Å². The van der Waals surface area contributed by atoms with Crippen molar-refractivity contribution < 1.29 is 24.1 Å². The minimum Gasteiger partial charge on any atom is -0.492 e. The van der Waals surface area contributed by atoms with Crippen LogP contribution in [0, 0.1) is 5.82 Å². The number of hydrogen-bond acceptors (Lipinski definition) is 10. The molecule has 0 aliphatic carbocycles. The predicted molar refractivity (Wildman–Crippen MR) is 118 cm³/mol. The maximum Gasteiger partial charge on any atom is 0.167 e. The fourth-order valence-electron chi connectivity index (χ4n) is 3.76. The van der Waals surface area contributed by atoms with Crippen molar-refractivity contribution in [3.05, 3.63) is 42.7 Å². The van der Waals surface area contributed by atoms with Crippen molar-refractivity contribution in [2.75, 3.05) is 45.6 Å². The van der Waals surface area contributed by atoms with Gasteiger partial charge in [0.25, 0.3) is 0 Å². The minimum absolute atomic E-state index is 0.233. The molecule has 0 radical (unpaired) electrons. The quantitative estimate of drug-likeness (QED) is 0.299. The molecule has 0 amide bonds. The lowest BCUT2D eigenvalue weighted by Crippen LogP contribution is -2.41. The number of nitrogen functional groups attached to an aromatic ring is 1. The third-order valence-electron chi connectivity index (χ3n) is 5.50. The topological polar surface area (TPSA) is 144 Å². The first-order valence-electron chi connectivity index (χ1n) is 10.7. The average molecular weight is 461 g/mol. The summed E-state index contributed by atoms with van der Waals surface area (Å²) >= 11 is 0. The fraction of sp³-hybridized carbons (Fsp3) is 0.476. The van der Waals surface area contributed by atoms with Crippen molar-refractivity contribution in [1.29, 1.82) is 0 Å². The number of ether oxygens (including phenoxy) is 2. The Morgan fingerprint density at radius 3 is 2.91 bits per heavy atom. The highest BCUT2D eigenvalue weighted by atomic mass is 19.1. The second-order valence-electron chi connectivity index (χ2n) is 7.95. The molecule has 33 heavy (non-hydrogen) atoms. The molecule has 3 heterocycles. The van der Waals surface area contributed by atoms with Crippen LogP contribution >= 0.6 is 0 Å². The number of hydrogen-bond donors (Lipinski definition) is 4. The van der Waals surface area contributed by atoms with Crippen LogP contribution in [0.15, 0.2) is 36.9 Å². The van der Waals surface area contributed by atoms with Gasteiger partial charge in [0.1, 0.15) is 48.3 Å². The Morgan fingerprint density at radius 2 is 2.09 bits per heavy atom. The van der Waals surface area contributed by atoms with Crippen LogP contribution in [0.1, 0.15) is 6.23 Å². The van der Waals surface area contributed by atoms with Crippen LogP contribution in [0.2, 0.25) is 0 Å². The molecule has 0 saturated carbocycles. The summed E-state index contributed by atoms with van der Waals surface area (Å²) in [6, 6.07) is 6.03. The van der Waals surface area contributed by atoms with Gasteiger partial charge in [-0.25, -0.2) is 19.3 Å². The van der Waals surface area contributed by atoms with E-state index >= 15 is 0 Å². The Bertz CT molecular complexity index is 1070. The second-order valence-corrected chi connectivity index (χ2v) is 7.95. The molecule has 4 atom stereocenters. The number of fused-ring (bicyclic) bond motifs is 1. The van der Waals surface area contributed by atoms with E-state index in [0.717, 1.165) is 0 Å². The van der Waals surface area contributed by atoms with Crippen LogP contribution in [0.3, 0.4) is 0 Å². The maximum absolute atomic E-state index is 13.1. The summed E-state index contributed by atoms with van der Waals surface area (Å²) in [5.74, 6) is 0.399. The highest BCUT2D eigenvalue weighted by Gasteiger charge is 2.44. The maximum atomic E-state index is 13.1. The molecule has 0 spiro atoms. The fourth-order valence-corrected chi connectivity index (χ4v) is 3.76. The molecule has 1 saturated heterocycles. The average Bonchev–Trinajstić information content (AvgIpc) is 3.34. The Hall–Kier alpha value is -2.90. The molecule has 3 aromatic rings. The number of anilines is 1. The number of rotatable bonds is 10. The standard InChI is InChI=1S/C21H28FN7O4/c1-28(7-5-24-6-8-32-14-4-2-3-13(22)9-14)10-15-17(30)18(31)21(33-15)29-12-27-16-19(23)25-11-26-20(16)29/h2-4,9,11-12,15,17-18,21,24,30-31H,5-8,10H2,1H3,(H2,23,25,26)/t15-,17-,18-,21-/m1/s1. The number of aliphatic hydroxyl groups excluding tert-OH is 2. The summed E-state index contributed by atoms with van der Waals surface area (Å²) in [5, 5.41) is 24.3. The largest absolute Gasteiger partial charge is 0.492 e. The minimum atomic E-state index is -1.14. The number of imidazole rings is 1. The van der Waals surface area contributed by atoms with Crippen molar-refractivity contribution in [3.8, 4) is 5.75 Å². The molecule has 11 nitrogen and oxygen atoms in total. The van der Waals surface area contributed by atoms with Gasteiger partial charge in [-0.2, -0.15) is 0 Å². The van der Waals surface area contributed by atoms with Gasteiger partial charge in [-0.3, -0.25) is 4.57 Å². The molecular weight excluding hydrogens is 433 g/mol. The number of halogens is 1. The number of likely N-dealkylation sites (N-methyl/N-ethyl adjacent to an activating group) is 1. The van der Waals surface area contributed by atoms with Crippen LogP contribution in [-0.2, 0) is 4.74 Å². The van der Waals surface area contributed by atoms with Gasteiger partial charge >= 0.3 is 0 Å². The van der Waals surface area contributed by atoms with Gasteiger partial charge < -0.3 is 35.6 Å². The van der Waals surface area contributed by atoms with E-state index in [1.807, 2.05) is 11.9 Å². The van der Waals surface area contributed by atoms with E-state index in [0.29, 0.717) is 49.7 Å². The van der Waals surface area contributed by atoms with Crippen molar-refractivity contribution in [3.63, 3.8) is 0 Å². The summed E-state index contributed by atoms with van der Waals surface area (Å²) in [6.07, 6.45) is -0.858. The molecular formula is C21H28FN7O4. The van der Waals surface area contributed by atoms with Crippen LogP contribution in [0.25, 0.3) is 11.2 Å². The summed E-state index contributed by atoms with van der Waals surface area (Å²) < 4.78 is 26.1. The van der Waals surface area contributed by atoms with E-state index in [9.17, 15) is 14.6 Å². The van der Waals surface area contributed by atoms with Crippen molar-refractivity contribution in [2.24, 2.45) is 0 Å². The molecule has 1 fully saturated rings. The normalized spacial score (nSPS) is 22.9. The van der Waals surface area contributed by atoms with Crippen LogP contribution in [0.4, 0.5) is 10.2 Å². The van der Waals surface area contributed by atoms with E-state index in [4.69, 9.17) is 15.2 Å². The zero-order valence-corrected chi connectivity index (χ0v) is 18.2. The number of nitrogens with zero attached hydrogens (tertiary/aromatic N) is 5. The lowest BCUT2D eigenvalue weighted by Gasteiger charge is -2.23. The zero-order chi connectivity index (χ0) is 23.4. The number of nitrogens with two attached hydrogens (primary N) is 1. The first kappa shape index (κ1) is 23.3. The van der Waals surface area contributed by atoms with Gasteiger partial charge in [0.05, 0.1) is 6.33 Å². The molecule has 0 bridgehead atoms. The first-order chi connectivity index (χ1) is 15.9. The molecule has 1 aliphatic heterocycles. The molecule has 5 N–H and O–H groups in total. The molecule has 178 valence electrons. The molecule has 4 rings (SSSR count). The van der Waals surface area contributed by atoms with Crippen LogP contribution in [-0.4, -0.2) is 92.8 Å². The Morgan fingerprint density at radius 1 is 1.24 bits per heavy atom. The second kappa shape index (κ2) is 10.4. The Labute approximate surface area is 190 Å². The van der Waals surface area contributed by atoms with Gasteiger partial charge in [0, 0.05) is 32.2 Å². The SMILES string of the molecule is CN(CCNCCOc1cccc(F)c1)C[C@H]1O[C@@H](n2cnc3c(N)ncnc32)[C@H](O)[C@@H]1O. The summed E-state index contributed by atoms with van der Waals surface area (Å²) in [6.45, 7) is 2.80. The monoisotopic (exact) mass is 461 g/mol. The third kappa shape index (κ3) is 5.37. The number of nitrogens with one attached hydrogen (secondary N) is 1. The third-order valence-corrected chi connectivity index (χ3v) is 5.50. The number of aliphatic hydroxyl groups is 2. The highest BCUT2D eigenvalue weighted by Crippen LogP contribution is 2.32. The van der Waals surface area contributed by atoms with Crippen molar-refractivity contribution in [2.45, 2.75) is 24.5 Å². The lowest BCUT2D eigenvalue weighted by molar-refractivity contribution is -0.0420. The van der Waals surface area contributed by atoms with Gasteiger partial charge in [-0.1, -0.05) is 6.07 Å². The van der Waals surface area contributed by atoms with E-state index in [1.165, 1.54) is 24.8 Å². The molecule has 0 unspecified atom stereocenters. The predicted octanol–water partition coefficient (Wildman–Crippen LogP) is -0.233.